The molecule has 0 aliphatic heterocycles. The molecule has 42 heavy (non-hydrogen) atoms. The summed E-state index contributed by atoms with van der Waals surface area (Å²) in [5, 5.41) is 17.7. The van der Waals surface area contributed by atoms with E-state index in [-0.39, 0.29) is 20.1 Å². The smallest absolute Gasteiger partial charge is 0.379 e. The van der Waals surface area contributed by atoms with Gasteiger partial charge < -0.3 is 22.9 Å². The number of benzene rings is 2. The van der Waals surface area contributed by atoms with Gasteiger partial charge in [0.1, 0.15) is 0 Å². The Balaban J connectivity index is 0.000000164. The summed E-state index contributed by atoms with van der Waals surface area (Å²) >= 11 is 0. The Morgan fingerprint density at radius 2 is 1.12 bits per heavy atom. The van der Waals surface area contributed by atoms with Crippen LogP contribution in [0.2, 0.25) is 0 Å². The van der Waals surface area contributed by atoms with Crippen molar-refractivity contribution in [1.82, 2.24) is 48.3 Å². The molecule has 0 amide bonds. The predicted octanol–water partition coefficient (Wildman–Crippen LogP) is 4.66. The number of rotatable bonds is 6. The van der Waals surface area contributed by atoms with Crippen LogP contribution in [0.25, 0.3) is 17.1 Å². The van der Waals surface area contributed by atoms with E-state index < -0.39 is 6.69 Å². The van der Waals surface area contributed by atoms with E-state index in [4.69, 9.17) is 0 Å². The van der Waals surface area contributed by atoms with E-state index in [1.54, 1.807) is 24.8 Å². The molecule has 2 aromatic carbocycles. The van der Waals surface area contributed by atoms with Crippen molar-refractivity contribution in [3.8, 4) is 17.1 Å². The van der Waals surface area contributed by atoms with Crippen LogP contribution in [0.15, 0.2) is 123 Å². The molecule has 0 spiro atoms. The number of hydrogen-bond donors (Lipinski definition) is 0. The van der Waals surface area contributed by atoms with Crippen LogP contribution in [0.4, 0.5) is 0 Å². The Bertz CT molecular complexity index is 1640. The second kappa shape index (κ2) is 12.4. The first-order chi connectivity index (χ1) is 20.1. The van der Waals surface area contributed by atoms with E-state index in [1.807, 2.05) is 104 Å². The fourth-order valence-electron chi connectivity index (χ4n) is 5.44. The van der Waals surface area contributed by atoms with Gasteiger partial charge >= 0.3 is 6.69 Å². The van der Waals surface area contributed by atoms with Crippen LogP contribution in [0.3, 0.4) is 0 Å². The van der Waals surface area contributed by atoms with E-state index in [9.17, 15) is 0 Å². The van der Waals surface area contributed by atoms with Crippen molar-refractivity contribution in [1.29, 1.82) is 0 Å². The summed E-state index contributed by atoms with van der Waals surface area (Å²) in [5.41, 5.74) is 6.03. The van der Waals surface area contributed by atoms with Crippen LogP contribution in [-0.2, 0) is 20.1 Å². The molecule has 0 fully saturated rings. The Morgan fingerprint density at radius 3 is 1.52 bits per heavy atom. The van der Waals surface area contributed by atoms with Gasteiger partial charge in [-0.3, -0.25) is 4.98 Å². The first-order valence-corrected chi connectivity index (χ1v) is 13.3. The average molecular weight is 733 g/mol. The van der Waals surface area contributed by atoms with Crippen molar-refractivity contribution in [2.45, 2.75) is 20.8 Å². The van der Waals surface area contributed by atoms with Crippen molar-refractivity contribution >= 4 is 6.69 Å². The van der Waals surface area contributed by atoms with Crippen molar-refractivity contribution in [2.24, 2.45) is 0 Å². The molecule has 0 aliphatic rings. The number of hydrogen-bond acceptors (Lipinski definition) is 5. The quantitative estimate of drug-likeness (QED) is 0.184. The Morgan fingerprint density at radius 1 is 0.619 bits per heavy atom. The third-order valence-electron chi connectivity index (χ3n) is 6.99. The Hall–Kier alpha value is -4.80. The second-order valence-electron chi connectivity index (χ2n) is 9.78. The predicted molar refractivity (Wildman–Crippen MR) is 158 cm³/mol. The average Bonchev–Trinajstić information content (AvgIpc) is 3.82. The maximum absolute atomic E-state index is 4.50. The Kier molecular flexibility index (Phi) is 8.47. The van der Waals surface area contributed by atoms with Gasteiger partial charge in [0.15, 0.2) is 0 Å². The van der Waals surface area contributed by atoms with Crippen molar-refractivity contribution in [2.75, 3.05) is 0 Å². The van der Waals surface area contributed by atoms with Gasteiger partial charge in [-0.25, -0.2) is 20.4 Å². The van der Waals surface area contributed by atoms with Gasteiger partial charge in [0, 0.05) is 63.0 Å². The first kappa shape index (κ1) is 28.7. The monoisotopic (exact) mass is 733 g/mol. The molecular weight excluding hydrogens is 703 g/mol. The summed E-state index contributed by atoms with van der Waals surface area (Å²) in [6.07, 6.45) is 18.3. The number of imidazole rings is 1. The molecule has 7 aromatic rings. The molecule has 0 atom stereocenters. The molecule has 5 aromatic heterocycles. The summed E-state index contributed by atoms with van der Waals surface area (Å²) in [6.45, 7) is 4.59. The van der Waals surface area contributed by atoms with E-state index in [0.29, 0.717) is 0 Å². The maximum atomic E-state index is 4.50. The van der Waals surface area contributed by atoms with Crippen molar-refractivity contribution in [3.05, 3.63) is 145 Å². The Labute approximate surface area is 257 Å². The van der Waals surface area contributed by atoms with E-state index in [0.717, 1.165) is 11.4 Å². The van der Waals surface area contributed by atoms with Gasteiger partial charge in [-0.15, -0.1) is 35.9 Å². The second-order valence-corrected chi connectivity index (χ2v) is 9.78. The van der Waals surface area contributed by atoms with Gasteiger partial charge in [-0.1, -0.05) is 17.7 Å². The third kappa shape index (κ3) is 5.18. The van der Waals surface area contributed by atoms with Crippen LogP contribution in [-0.4, -0.2) is 55.0 Å². The minimum atomic E-state index is -1.83. The largest absolute Gasteiger partial charge is 0.466 e. The minimum absolute atomic E-state index is 0. The molecule has 7 rings (SSSR count). The number of aryl methyl sites for hydroxylation is 3. The van der Waals surface area contributed by atoms with Gasteiger partial charge in [0.25, 0.3) is 0 Å². The molecule has 10 nitrogen and oxygen atoms in total. The molecular formula is C30H29BIrN10-2. The van der Waals surface area contributed by atoms with Crippen LogP contribution in [0.5, 0.6) is 0 Å². The van der Waals surface area contributed by atoms with E-state index in [2.05, 4.69) is 68.9 Å². The molecule has 12 heteroatoms. The van der Waals surface area contributed by atoms with Crippen LogP contribution in [0.1, 0.15) is 16.7 Å². The minimum Gasteiger partial charge on any atom is -0.379 e. The maximum Gasteiger partial charge on any atom is 0.466 e. The molecule has 0 unspecified atom stereocenters. The molecule has 0 saturated carbocycles. The molecule has 0 bridgehead atoms. The normalized spacial score (nSPS) is 11.0. The fraction of sp³-hybridized carbons (Fsp3) is 0.100. The topological polar surface area (TPSA) is 89.1 Å². The van der Waals surface area contributed by atoms with Gasteiger partial charge in [-0.2, -0.15) is 0 Å². The molecule has 1 radical (unpaired) electrons. The summed E-state index contributed by atoms with van der Waals surface area (Å²) in [7, 11) is 0. The van der Waals surface area contributed by atoms with E-state index >= 15 is 0 Å². The van der Waals surface area contributed by atoms with Gasteiger partial charge in [0.05, 0.1) is 5.82 Å². The standard InChI is InChI=1S/C18H17N2.C12H12BN8.Ir/c1-13-11-14(2)17(15(3)12-13)20-10-9-19-18(20)16-7-5-4-6-8-16;1-5-14-18(9-1)13(19-10-2-6-15-19,20-11-3-7-16-20)21-12-4-8-17-21;/h4-7,9-12H,1-3H3;1-12H;/q2*-1;. The fourth-order valence-corrected chi connectivity index (χ4v) is 5.44. The molecule has 5 heterocycles. The van der Waals surface area contributed by atoms with Crippen LogP contribution >= 0.6 is 0 Å². The van der Waals surface area contributed by atoms with Gasteiger partial charge in [0.2, 0.25) is 0 Å². The van der Waals surface area contributed by atoms with Gasteiger partial charge in [-0.05, 0) is 81.0 Å². The zero-order chi connectivity index (χ0) is 28.2. The summed E-state index contributed by atoms with van der Waals surface area (Å²) < 4.78 is 9.40. The van der Waals surface area contributed by atoms with Crippen LogP contribution in [0, 0.1) is 26.8 Å². The summed E-state index contributed by atoms with van der Waals surface area (Å²) in [6, 6.07) is 23.1. The zero-order valence-electron chi connectivity index (χ0n) is 23.4. The molecule has 213 valence electrons. The third-order valence-corrected chi connectivity index (χ3v) is 6.99. The van der Waals surface area contributed by atoms with Crippen LogP contribution < -0.4 is 0 Å². The zero-order valence-corrected chi connectivity index (χ0v) is 25.8. The van der Waals surface area contributed by atoms with Crippen molar-refractivity contribution in [3.63, 3.8) is 0 Å². The SMILES string of the molecule is Cc1cc(C)c(-n2ccnc2-c2[c-]cccc2)c(C)c1.[Ir].c1cnn([B-](n2cccn2)(n2cccn2)n2cccn2)c1. The van der Waals surface area contributed by atoms with Crippen molar-refractivity contribution < 1.29 is 20.1 Å². The molecule has 0 N–H and O–H groups in total. The molecule has 0 saturated heterocycles. The summed E-state index contributed by atoms with van der Waals surface area (Å²) in [5.74, 6) is 0.931. The summed E-state index contributed by atoms with van der Waals surface area (Å²) in [4.78, 5) is 4.50. The molecule has 0 aliphatic carbocycles. The first-order valence-electron chi connectivity index (χ1n) is 13.3. The number of nitrogens with zero attached hydrogens (tertiary/aromatic N) is 10. The number of aromatic nitrogens is 10. The van der Waals surface area contributed by atoms with E-state index in [1.165, 1.54) is 22.4 Å².